The van der Waals surface area contributed by atoms with Crippen LogP contribution in [-0.2, 0) is 0 Å². The highest BCUT2D eigenvalue weighted by Gasteiger charge is 2.40. The van der Waals surface area contributed by atoms with Crippen LogP contribution in [0.15, 0.2) is 18.2 Å². The van der Waals surface area contributed by atoms with Gasteiger partial charge in [-0.1, -0.05) is 0 Å². The Kier molecular flexibility index (Phi) is 2.66. The van der Waals surface area contributed by atoms with E-state index < -0.39 is 29.4 Å². The van der Waals surface area contributed by atoms with Crippen molar-refractivity contribution in [3.8, 4) is 5.75 Å². The second kappa shape index (κ2) is 3.45. The zero-order chi connectivity index (χ0) is 10.9. The molecule has 0 aliphatic heterocycles. The topological polar surface area (TPSA) is 40.5 Å². The van der Waals surface area contributed by atoms with E-state index >= 15 is 0 Å². The monoisotopic (exact) mass is 210 g/mol. The molecule has 1 aromatic rings. The number of hydrogen-bond acceptors (Lipinski definition) is 2. The first-order valence-electron chi connectivity index (χ1n) is 3.55. The summed E-state index contributed by atoms with van der Waals surface area (Å²) < 4.78 is 48.6. The first-order valence-corrected chi connectivity index (χ1v) is 3.55. The Balaban J connectivity index is 3.08. The van der Waals surface area contributed by atoms with Crippen molar-refractivity contribution < 1.29 is 27.8 Å². The van der Waals surface area contributed by atoms with Gasteiger partial charge in [0.05, 0.1) is 0 Å². The van der Waals surface area contributed by atoms with E-state index in [2.05, 4.69) is 0 Å². The number of aromatic hydroxyl groups is 1. The van der Waals surface area contributed by atoms with Crippen LogP contribution < -0.4 is 0 Å². The molecule has 0 saturated carbocycles. The Morgan fingerprint density at radius 2 is 1.79 bits per heavy atom. The highest BCUT2D eigenvalue weighted by atomic mass is 19.4. The number of phenolic OH excluding ortho intramolecular Hbond substituents is 1. The van der Waals surface area contributed by atoms with Gasteiger partial charge < -0.3 is 10.2 Å². The summed E-state index contributed by atoms with van der Waals surface area (Å²) in [5, 5.41) is 17.4. The lowest BCUT2D eigenvalue weighted by Crippen LogP contribution is -2.21. The summed E-state index contributed by atoms with van der Waals surface area (Å²) in [5.74, 6) is -1.80. The third-order valence-corrected chi connectivity index (χ3v) is 1.59. The normalized spacial score (nSPS) is 14.1. The van der Waals surface area contributed by atoms with Crippen LogP contribution in [0.4, 0.5) is 17.6 Å². The predicted octanol–water partition coefficient (Wildman–Crippen LogP) is 2.13. The summed E-state index contributed by atoms with van der Waals surface area (Å²) in [5.41, 5.74) is -0.907. The average Bonchev–Trinajstić information content (AvgIpc) is 2.01. The maximum Gasteiger partial charge on any atom is 0.418 e. The van der Waals surface area contributed by atoms with Crippen molar-refractivity contribution in [1.29, 1.82) is 0 Å². The van der Waals surface area contributed by atoms with E-state index in [1.54, 1.807) is 0 Å². The summed E-state index contributed by atoms with van der Waals surface area (Å²) in [6.07, 6.45) is -7.79. The Morgan fingerprint density at radius 1 is 1.21 bits per heavy atom. The quantitative estimate of drug-likeness (QED) is 0.697. The molecule has 2 N–H and O–H groups in total. The van der Waals surface area contributed by atoms with Gasteiger partial charge >= 0.3 is 6.18 Å². The summed E-state index contributed by atoms with van der Waals surface area (Å²) in [7, 11) is 0. The largest absolute Gasteiger partial charge is 0.508 e. The molecule has 2 nitrogen and oxygen atoms in total. The number of benzene rings is 1. The number of aliphatic hydroxyl groups excluding tert-OH is 1. The van der Waals surface area contributed by atoms with Crippen molar-refractivity contribution in [1.82, 2.24) is 0 Å². The zero-order valence-electron chi connectivity index (χ0n) is 6.72. The molecule has 0 bridgehead atoms. The minimum absolute atomic E-state index is 0.499. The van der Waals surface area contributed by atoms with Crippen LogP contribution in [0.3, 0.4) is 0 Å². The van der Waals surface area contributed by atoms with Crippen molar-refractivity contribution in [2.24, 2.45) is 0 Å². The van der Waals surface area contributed by atoms with Gasteiger partial charge in [-0.15, -0.1) is 0 Å². The Hall–Kier alpha value is -1.30. The molecule has 0 saturated heterocycles. The van der Waals surface area contributed by atoms with Gasteiger partial charge in [0.2, 0.25) is 0 Å². The van der Waals surface area contributed by atoms with Crippen LogP contribution in [-0.4, -0.2) is 16.4 Å². The van der Waals surface area contributed by atoms with E-state index in [1.807, 2.05) is 0 Å². The first-order chi connectivity index (χ1) is 6.32. The highest BCUT2D eigenvalue weighted by molar-refractivity contribution is 5.29. The molecular weight excluding hydrogens is 204 g/mol. The van der Waals surface area contributed by atoms with Crippen molar-refractivity contribution in [3.63, 3.8) is 0 Å². The molecule has 14 heavy (non-hydrogen) atoms. The number of alkyl halides is 3. The maximum atomic E-state index is 12.8. The summed E-state index contributed by atoms with van der Waals surface area (Å²) in [6.45, 7) is 0. The molecule has 0 aliphatic carbocycles. The van der Waals surface area contributed by atoms with E-state index in [0.29, 0.717) is 12.1 Å². The minimum Gasteiger partial charge on any atom is -0.508 e. The molecule has 1 atom stereocenters. The molecule has 0 unspecified atom stereocenters. The zero-order valence-corrected chi connectivity index (χ0v) is 6.72. The molecule has 0 aromatic heterocycles. The van der Waals surface area contributed by atoms with Gasteiger partial charge in [0.1, 0.15) is 11.6 Å². The van der Waals surface area contributed by atoms with E-state index in [1.165, 1.54) is 0 Å². The molecule has 78 valence electrons. The molecular formula is C8H6F4O2. The lowest BCUT2D eigenvalue weighted by Gasteiger charge is -2.15. The van der Waals surface area contributed by atoms with Gasteiger partial charge in [0, 0.05) is 11.6 Å². The van der Waals surface area contributed by atoms with Crippen LogP contribution in [0.25, 0.3) is 0 Å². The van der Waals surface area contributed by atoms with Crippen molar-refractivity contribution in [2.75, 3.05) is 0 Å². The number of phenols is 1. The SMILES string of the molecule is Oc1ccc([C@@H](O)C(F)(F)F)c(F)c1. The number of rotatable bonds is 1. The molecule has 0 spiro atoms. The van der Waals surface area contributed by atoms with Crippen molar-refractivity contribution in [3.05, 3.63) is 29.6 Å². The summed E-state index contributed by atoms with van der Waals surface area (Å²) >= 11 is 0. The molecule has 0 fully saturated rings. The second-order valence-electron chi connectivity index (χ2n) is 2.65. The number of halogens is 4. The summed E-state index contributed by atoms with van der Waals surface area (Å²) in [4.78, 5) is 0. The molecule has 0 heterocycles. The van der Waals surface area contributed by atoms with Crippen LogP contribution in [0.5, 0.6) is 5.75 Å². The van der Waals surface area contributed by atoms with Gasteiger partial charge in [0.15, 0.2) is 6.10 Å². The van der Waals surface area contributed by atoms with Gasteiger partial charge in [-0.25, -0.2) is 4.39 Å². The highest BCUT2D eigenvalue weighted by Crippen LogP contribution is 2.34. The van der Waals surface area contributed by atoms with Gasteiger partial charge in [-0.05, 0) is 12.1 Å². The molecule has 0 amide bonds. The van der Waals surface area contributed by atoms with Crippen LogP contribution in [0.2, 0.25) is 0 Å². The maximum absolute atomic E-state index is 12.8. The Morgan fingerprint density at radius 3 is 2.21 bits per heavy atom. The summed E-state index contributed by atoms with van der Waals surface area (Å²) in [6, 6.07) is 2.06. The Labute approximate surface area is 76.4 Å². The molecule has 1 rings (SSSR count). The number of aliphatic hydroxyl groups is 1. The fraction of sp³-hybridized carbons (Fsp3) is 0.250. The fourth-order valence-corrected chi connectivity index (χ4v) is 0.914. The van der Waals surface area contributed by atoms with Crippen LogP contribution in [0, 0.1) is 5.82 Å². The second-order valence-corrected chi connectivity index (χ2v) is 2.65. The van der Waals surface area contributed by atoms with Gasteiger partial charge in [0.25, 0.3) is 0 Å². The third-order valence-electron chi connectivity index (χ3n) is 1.59. The molecule has 1 aromatic carbocycles. The van der Waals surface area contributed by atoms with Crippen molar-refractivity contribution in [2.45, 2.75) is 12.3 Å². The van der Waals surface area contributed by atoms with Gasteiger partial charge in [-0.2, -0.15) is 13.2 Å². The lowest BCUT2D eigenvalue weighted by atomic mass is 10.1. The minimum atomic E-state index is -4.92. The van der Waals surface area contributed by atoms with E-state index in [4.69, 9.17) is 10.2 Å². The fourth-order valence-electron chi connectivity index (χ4n) is 0.914. The molecule has 6 heteroatoms. The average molecular weight is 210 g/mol. The van der Waals surface area contributed by atoms with E-state index in [-0.39, 0.29) is 0 Å². The van der Waals surface area contributed by atoms with Crippen LogP contribution >= 0.6 is 0 Å². The van der Waals surface area contributed by atoms with E-state index in [9.17, 15) is 17.6 Å². The lowest BCUT2D eigenvalue weighted by molar-refractivity contribution is -0.207. The standard InChI is InChI=1S/C8H6F4O2/c9-6-3-4(13)1-2-5(6)7(14)8(10,11)12/h1-3,7,13-14H/t7-/m1/s1. The third kappa shape index (κ3) is 2.14. The Bertz CT molecular complexity index is 335. The number of hydrogen-bond donors (Lipinski definition) is 2. The van der Waals surface area contributed by atoms with Gasteiger partial charge in [-0.3, -0.25) is 0 Å². The molecule has 0 radical (unpaired) electrons. The smallest absolute Gasteiger partial charge is 0.418 e. The van der Waals surface area contributed by atoms with E-state index in [0.717, 1.165) is 6.07 Å². The molecule has 0 aliphatic rings. The predicted molar refractivity (Wildman–Crippen MR) is 39.1 cm³/mol. The first kappa shape index (κ1) is 10.8. The van der Waals surface area contributed by atoms with Crippen molar-refractivity contribution >= 4 is 0 Å². The van der Waals surface area contributed by atoms with Crippen LogP contribution in [0.1, 0.15) is 11.7 Å².